The average Bonchev–Trinajstić information content (AvgIpc) is 3.17. The third kappa shape index (κ3) is 4.88. The molecule has 2 aromatic carbocycles. The lowest BCUT2D eigenvalue weighted by Gasteiger charge is -2.13. The molecule has 0 fully saturated rings. The summed E-state index contributed by atoms with van der Waals surface area (Å²) in [7, 11) is 3.92. The number of anilines is 2. The maximum absolute atomic E-state index is 10.6. The largest absolute Gasteiger partial charge is 0.369 e. The summed E-state index contributed by atoms with van der Waals surface area (Å²) in [5.41, 5.74) is 3.96. The van der Waals surface area contributed by atoms with Crippen molar-refractivity contribution in [3.63, 3.8) is 0 Å². The molecule has 0 saturated heterocycles. The second kappa shape index (κ2) is 9.22. The number of aromatic nitrogens is 2. The Balaban J connectivity index is 1.37. The fourth-order valence-electron chi connectivity index (χ4n) is 3.44. The van der Waals surface area contributed by atoms with Crippen LogP contribution in [-0.2, 0) is 6.42 Å². The summed E-state index contributed by atoms with van der Waals surface area (Å²) >= 11 is 1.70. The summed E-state index contributed by atoms with van der Waals surface area (Å²) in [6.07, 6.45) is 1.99. The number of benzene rings is 2. The highest BCUT2D eigenvalue weighted by Gasteiger charge is 2.11. The number of fused-ring (bicyclic) bond motifs is 1. The molecule has 4 aromatic rings. The highest BCUT2D eigenvalue weighted by molar-refractivity contribution is 7.18. The normalized spacial score (nSPS) is 10.9. The zero-order chi connectivity index (χ0) is 21.8. The summed E-state index contributed by atoms with van der Waals surface area (Å²) in [6, 6.07) is 18.0. The lowest BCUT2D eigenvalue weighted by Crippen LogP contribution is -2.14. The van der Waals surface area contributed by atoms with Crippen molar-refractivity contribution < 1.29 is 0 Å². The van der Waals surface area contributed by atoms with Crippen LogP contribution in [0, 0.1) is 11.8 Å². The van der Waals surface area contributed by atoms with Crippen LogP contribution >= 0.6 is 11.3 Å². The third-order valence-electron chi connectivity index (χ3n) is 5.10. The van der Waals surface area contributed by atoms with Gasteiger partial charge in [-0.05, 0) is 59.8 Å². The zero-order valence-electron chi connectivity index (χ0n) is 17.9. The lowest BCUT2D eigenvalue weighted by molar-refractivity contribution is 0.858. The number of hydrogen-bond acceptors (Lipinski definition) is 7. The van der Waals surface area contributed by atoms with E-state index >= 15 is 0 Å². The van der Waals surface area contributed by atoms with E-state index in [4.69, 9.17) is 4.98 Å². The van der Waals surface area contributed by atoms with E-state index in [2.05, 4.69) is 52.7 Å². The Bertz CT molecular complexity index is 1180. The Morgan fingerprint density at radius 2 is 1.68 bits per heavy atom. The van der Waals surface area contributed by atoms with Crippen molar-refractivity contribution in [3.8, 4) is 11.1 Å². The van der Waals surface area contributed by atoms with Crippen LogP contribution in [0.1, 0.15) is 16.9 Å². The molecule has 0 atom stereocenters. The van der Waals surface area contributed by atoms with Gasteiger partial charge in [-0.25, -0.2) is 4.98 Å². The molecule has 0 aliphatic carbocycles. The van der Waals surface area contributed by atoms with Crippen molar-refractivity contribution in [2.75, 3.05) is 30.9 Å². The average molecular weight is 432 g/mol. The van der Waals surface area contributed by atoms with Gasteiger partial charge in [0.15, 0.2) is 0 Å². The van der Waals surface area contributed by atoms with Gasteiger partial charge in [-0.1, -0.05) is 36.4 Å². The van der Waals surface area contributed by atoms with Crippen LogP contribution in [0.5, 0.6) is 0 Å². The minimum atomic E-state index is 0.448. The van der Waals surface area contributed by atoms with Crippen LogP contribution in [0.2, 0.25) is 0 Å². The molecule has 0 saturated carbocycles. The van der Waals surface area contributed by atoms with Gasteiger partial charge in [-0.15, -0.1) is 16.2 Å². The van der Waals surface area contributed by atoms with E-state index < -0.39 is 0 Å². The maximum Gasteiger partial charge on any atom is 0.228 e. The molecule has 0 aliphatic heterocycles. The number of hydrogen-bond donors (Lipinski definition) is 1. The van der Waals surface area contributed by atoms with E-state index in [9.17, 15) is 4.91 Å². The van der Waals surface area contributed by atoms with Crippen LogP contribution in [0.3, 0.4) is 0 Å². The first-order chi connectivity index (χ1) is 15.0. The number of nitroso groups, excluding NO2 is 1. The van der Waals surface area contributed by atoms with Crippen LogP contribution in [0.25, 0.3) is 21.3 Å². The molecule has 0 bridgehead atoms. The summed E-state index contributed by atoms with van der Waals surface area (Å²) < 4.78 is 0. The number of aryl methyl sites for hydroxylation is 2. The van der Waals surface area contributed by atoms with Crippen LogP contribution in [-0.4, -0.2) is 30.6 Å². The van der Waals surface area contributed by atoms with E-state index in [0.29, 0.717) is 5.69 Å². The molecule has 158 valence electrons. The van der Waals surface area contributed by atoms with Crippen molar-refractivity contribution >= 4 is 39.0 Å². The van der Waals surface area contributed by atoms with Crippen molar-refractivity contribution in [1.29, 1.82) is 0 Å². The molecule has 1 N–H and O–H groups in total. The van der Waals surface area contributed by atoms with Gasteiger partial charge in [0.1, 0.15) is 16.3 Å². The summed E-state index contributed by atoms with van der Waals surface area (Å²) in [4.78, 5) is 24.1. The number of nitrogens with zero attached hydrogens (tertiary/aromatic N) is 4. The minimum absolute atomic E-state index is 0.448. The van der Waals surface area contributed by atoms with Crippen LogP contribution < -0.4 is 10.2 Å². The maximum atomic E-state index is 10.6. The van der Waals surface area contributed by atoms with Gasteiger partial charge >= 0.3 is 0 Å². The Morgan fingerprint density at radius 1 is 1.00 bits per heavy atom. The predicted molar refractivity (Wildman–Crippen MR) is 131 cm³/mol. The zero-order valence-corrected chi connectivity index (χ0v) is 18.7. The molecule has 0 aliphatic rings. The summed E-state index contributed by atoms with van der Waals surface area (Å²) in [6.45, 7) is 2.94. The number of nitrogens with one attached hydrogen (secondary N) is 1. The van der Waals surface area contributed by atoms with Crippen molar-refractivity contribution in [2.24, 2.45) is 5.18 Å². The van der Waals surface area contributed by atoms with E-state index in [1.54, 1.807) is 23.5 Å². The van der Waals surface area contributed by atoms with E-state index in [-0.39, 0.29) is 0 Å². The highest BCUT2D eigenvalue weighted by Crippen LogP contribution is 2.30. The monoisotopic (exact) mass is 431 g/mol. The van der Waals surface area contributed by atoms with Crippen LogP contribution in [0.4, 0.5) is 17.5 Å². The third-order valence-corrected chi connectivity index (χ3v) is 6.04. The molecule has 0 unspecified atom stereocenters. The molecule has 6 nitrogen and oxygen atoms in total. The Labute approximate surface area is 186 Å². The van der Waals surface area contributed by atoms with E-state index in [1.807, 2.05) is 31.1 Å². The summed E-state index contributed by atoms with van der Waals surface area (Å²) in [5.74, 6) is 1.63. The fourth-order valence-corrected chi connectivity index (χ4v) is 4.32. The van der Waals surface area contributed by atoms with Gasteiger partial charge in [0.25, 0.3) is 0 Å². The number of rotatable bonds is 8. The van der Waals surface area contributed by atoms with Crippen molar-refractivity contribution in [3.05, 3.63) is 69.9 Å². The smallest absolute Gasteiger partial charge is 0.228 e. The predicted octanol–water partition coefficient (Wildman–Crippen LogP) is 6.18. The van der Waals surface area contributed by atoms with Gasteiger partial charge in [-0.2, -0.15) is 4.98 Å². The molecule has 7 heteroatoms. The number of thiophene rings is 1. The molecular formula is C24H25N5OS. The van der Waals surface area contributed by atoms with Gasteiger partial charge in [-0.3, -0.25) is 0 Å². The molecule has 31 heavy (non-hydrogen) atoms. The first-order valence-corrected chi connectivity index (χ1v) is 11.1. The fraction of sp³-hybridized carbons (Fsp3) is 0.250. The summed E-state index contributed by atoms with van der Waals surface area (Å²) in [5, 5.41) is 7.55. The second-order valence-corrected chi connectivity index (χ2v) is 8.94. The topological polar surface area (TPSA) is 70.5 Å². The molecule has 0 radical (unpaired) electrons. The first kappa shape index (κ1) is 20.9. The lowest BCUT2D eigenvalue weighted by atomic mass is 10.0. The second-order valence-electron chi connectivity index (χ2n) is 7.71. The highest BCUT2D eigenvalue weighted by atomic mass is 32.1. The Kier molecular flexibility index (Phi) is 6.23. The van der Waals surface area contributed by atoms with E-state index in [1.165, 1.54) is 10.4 Å². The van der Waals surface area contributed by atoms with Gasteiger partial charge in [0, 0.05) is 25.5 Å². The van der Waals surface area contributed by atoms with Gasteiger partial charge in [0.05, 0.1) is 5.39 Å². The standard InChI is InChI=1S/C24H25N5OS/c1-16-15-21-22(26-24(29(2)3)27-23(21)31-16)25-14-4-5-17-6-8-18(9-7-17)19-10-12-20(28-30)13-11-19/h6-13,15H,4-5,14H2,1-3H3,(H,25,26,27). The van der Waals surface area contributed by atoms with Crippen molar-refractivity contribution in [1.82, 2.24) is 9.97 Å². The molecule has 0 spiro atoms. The minimum Gasteiger partial charge on any atom is -0.369 e. The molecule has 4 rings (SSSR count). The van der Waals surface area contributed by atoms with Gasteiger partial charge < -0.3 is 10.2 Å². The van der Waals surface area contributed by atoms with Gasteiger partial charge in [0.2, 0.25) is 5.95 Å². The Morgan fingerprint density at radius 3 is 2.32 bits per heavy atom. The SMILES string of the molecule is Cc1cc2c(NCCCc3ccc(-c4ccc(N=O)cc4)cc3)nc(N(C)C)nc2s1. The quantitative estimate of drug-likeness (QED) is 0.267. The molecule has 2 heterocycles. The Hall–Kier alpha value is -3.32. The first-order valence-electron chi connectivity index (χ1n) is 10.3. The van der Waals surface area contributed by atoms with Crippen LogP contribution in [0.15, 0.2) is 59.8 Å². The molecule has 2 aromatic heterocycles. The molecule has 0 amide bonds. The molecular weight excluding hydrogens is 406 g/mol. The van der Waals surface area contributed by atoms with E-state index in [0.717, 1.165) is 52.5 Å². The van der Waals surface area contributed by atoms with Crippen molar-refractivity contribution in [2.45, 2.75) is 19.8 Å².